The molecule has 0 aliphatic rings. The lowest BCUT2D eigenvalue weighted by atomic mass is 10.2. The molecule has 0 atom stereocenters. The molecular weight excluding hydrogens is 457 g/mol. The second-order valence-corrected chi connectivity index (χ2v) is 7.97. The number of hydrogen-bond acceptors (Lipinski definition) is 2. The predicted molar refractivity (Wildman–Crippen MR) is 121 cm³/mol. The van der Waals surface area contributed by atoms with E-state index in [1.807, 2.05) is 73.1 Å². The van der Waals surface area contributed by atoms with Crippen molar-refractivity contribution in [3.8, 4) is 11.5 Å². The summed E-state index contributed by atoms with van der Waals surface area (Å²) in [4.78, 5) is 0. The van der Waals surface area contributed by atoms with Crippen LogP contribution in [0.1, 0.15) is 16.7 Å². The molecule has 1 aromatic heterocycles. The van der Waals surface area contributed by atoms with Crippen molar-refractivity contribution in [1.82, 2.24) is 0 Å². The summed E-state index contributed by atoms with van der Waals surface area (Å²) in [5.41, 5.74) is 3.15. The van der Waals surface area contributed by atoms with Crippen molar-refractivity contribution in [1.29, 1.82) is 0 Å². The van der Waals surface area contributed by atoms with E-state index in [4.69, 9.17) is 9.47 Å². The monoisotopic (exact) mass is 478 g/mol. The molecule has 0 N–H and O–H groups in total. The van der Waals surface area contributed by atoms with E-state index in [0.717, 1.165) is 17.7 Å². The molecule has 0 fully saturated rings. The maximum Gasteiger partial charge on any atom is 0.208 e. The molecule has 4 aromatic rings. The minimum Gasteiger partial charge on any atom is -0.486 e. The maximum absolute atomic E-state index is 15.0. The number of rotatable bonds is 8. The summed E-state index contributed by atoms with van der Waals surface area (Å²) < 4.78 is 29.1. The zero-order valence-corrected chi connectivity index (χ0v) is 18.5. The lowest BCUT2D eigenvalue weighted by Crippen LogP contribution is -2.33. The van der Waals surface area contributed by atoms with Gasteiger partial charge in [-0.1, -0.05) is 60.7 Å². The molecule has 31 heavy (non-hydrogen) atoms. The number of halogens is 2. The molecule has 0 unspecified atom stereocenters. The van der Waals surface area contributed by atoms with E-state index in [2.05, 4.69) is 32.6 Å². The Bertz CT molecular complexity index is 1120. The smallest absolute Gasteiger partial charge is 0.208 e. The first-order valence-electron chi connectivity index (χ1n) is 9.98. The summed E-state index contributed by atoms with van der Waals surface area (Å²) in [6.07, 6.45) is 3.99. The number of nitrogens with zero attached hydrogens (tertiary/aromatic N) is 1. The first-order chi connectivity index (χ1) is 15.2. The first kappa shape index (κ1) is 21.1. The van der Waals surface area contributed by atoms with Crippen molar-refractivity contribution in [2.24, 2.45) is 0 Å². The average Bonchev–Trinajstić information content (AvgIpc) is 2.81. The maximum atomic E-state index is 15.0. The van der Waals surface area contributed by atoms with E-state index in [-0.39, 0.29) is 18.1 Å². The Hall–Kier alpha value is -3.18. The van der Waals surface area contributed by atoms with E-state index in [1.165, 1.54) is 5.56 Å². The van der Waals surface area contributed by atoms with Gasteiger partial charge in [0.05, 0.1) is 4.47 Å². The summed E-state index contributed by atoms with van der Waals surface area (Å²) >= 11 is 3.37. The Labute approximate surface area is 189 Å². The third kappa shape index (κ3) is 5.70. The van der Waals surface area contributed by atoms with Crippen molar-refractivity contribution in [2.75, 3.05) is 0 Å². The van der Waals surface area contributed by atoms with Crippen LogP contribution in [0, 0.1) is 5.82 Å². The third-order valence-electron chi connectivity index (χ3n) is 4.80. The lowest BCUT2D eigenvalue weighted by molar-refractivity contribution is -0.688. The predicted octanol–water partition coefficient (Wildman–Crippen LogP) is 6.08. The highest BCUT2D eigenvalue weighted by Crippen LogP contribution is 2.35. The van der Waals surface area contributed by atoms with Gasteiger partial charge in [-0.05, 0) is 33.6 Å². The van der Waals surface area contributed by atoms with Crippen LogP contribution in [0.3, 0.4) is 0 Å². The molecular formula is C26H22BrFNO2+. The van der Waals surface area contributed by atoms with Gasteiger partial charge in [0.1, 0.15) is 13.2 Å². The Kier molecular flexibility index (Phi) is 6.95. The highest BCUT2D eigenvalue weighted by molar-refractivity contribution is 9.10. The molecule has 0 radical (unpaired) electrons. The van der Waals surface area contributed by atoms with Gasteiger partial charge in [0, 0.05) is 23.3 Å². The van der Waals surface area contributed by atoms with Gasteiger partial charge < -0.3 is 9.47 Å². The van der Waals surface area contributed by atoms with Crippen LogP contribution in [0.15, 0.2) is 102 Å². The fourth-order valence-electron chi connectivity index (χ4n) is 3.13. The molecule has 5 heteroatoms. The van der Waals surface area contributed by atoms with E-state index < -0.39 is 5.82 Å². The van der Waals surface area contributed by atoms with Crippen LogP contribution in [0.2, 0.25) is 0 Å². The van der Waals surface area contributed by atoms with E-state index >= 15 is 0 Å². The summed E-state index contributed by atoms with van der Waals surface area (Å²) in [6.45, 7) is 1.34. The molecule has 0 amide bonds. The summed E-state index contributed by atoms with van der Waals surface area (Å²) in [5.74, 6) is -0.206. The fourth-order valence-corrected chi connectivity index (χ4v) is 3.55. The Morgan fingerprint density at radius 1 is 0.677 bits per heavy atom. The van der Waals surface area contributed by atoms with Gasteiger partial charge in [-0.15, -0.1) is 0 Å². The van der Waals surface area contributed by atoms with Crippen LogP contribution < -0.4 is 14.0 Å². The quantitative estimate of drug-likeness (QED) is 0.286. The highest BCUT2D eigenvalue weighted by atomic mass is 79.9. The Balaban J connectivity index is 1.39. The second-order valence-electron chi connectivity index (χ2n) is 7.12. The van der Waals surface area contributed by atoms with Crippen molar-refractivity contribution >= 4 is 15.9 Å². The van der Waals surface area contributed by atoms with Gasteiger partial charge in [-0.25, -0.2) is 4.57 Å². The molecule has 0 aliphatic heterocycles. The minimum absolute atomic E-state index is 0.145. The SMILES string of the molecule is Fc1c(OCc2ccccc2)ccc(Br)c1OCc1cc[n+](Cc2ccccc2)cc1. The topological polar surface area (TPSA) is 22.3 Å². The van der Waals surface area contributed by atoms with Gasteiger partial charge in [0.15, 0.2) is 30.4 Å². The molecule has 3 nitrogen and oxygen atoms in total. The Morgan fingerprint density at radius 2 is 1.26 bits per heavy atom. The van der Waals surface area contributed by atoms with Crippen molar-refractivity contribution in [3.05, 3.63) is 124 Å². The Morgan fingerprint density at radius 3 is 1.94 bits per heavy atom. The largest absolute Gasteiger partial charge is 0.486 e. The summed E-state index contributed by atoms with van der Waals surface area (Å²) in [7, 11) is 0. The number of pyridine rings is 1. The average molecular weight is 479 g/mol. The van der Waals surface area contributed by atoms with E-state index in [1.54, 1.807) is 12.1 Å². The van der Waals surface area contributed by atoms with Crippen LogP contribution >= 0.6 is 15.9 Å². The van der Waals surface area contributed by atoms with Crippen LogP contribution in [0.5, 0.6) is 11.5 Å². The molecule has 0 saturated carbocycles. The normalized spacial score (nSPS) is 10.6. The van der Waals surface area contributed by atoms with Gasteiger partial charge in [-0.2, -0.15) is 4.39 Å². The third-order valence-corrected chi connectivity index (χ3v) is 5.43. The zero-order valence-electron chi connectivity index (χ0n) is 16.9. The lowest BCUT2D eigenvalue weighted by Gasteiger charge is -2.13. The minimum atomic E-state index is -0.514. The highest BCUT2D eigenvalue weighted by Gasteiger charge is 2.15. The van der Waals surface area contributed by atoms with Crippen molar-refractivity contribution in [2.45, 2.75) is 19.8 Å². The van der Waals surface area contributed by atoms with Crippen LogP contribution in [-0.2, 0) is 19.8 Å². The number of ether oxygens (including phenoxy) is 2. The zero-order chi connectivity index (χ0) is 21.5. The summed E-state index contributed by atoms with van der Waals surface area (Å²) in [5, 5.41) is 0. The number of benzene rings is 3. The van der Waals surface area contributed by atoms with Gasteiger partial charge in [0.25, 0.3) is 0 Å². The van der Waals surface area contributed by atoms with Crippen molar-refractivity contribution in [3.63, 3.8) is 0 Å². The summed E-state index contributed by atoms with van der Waals surface area (Å²) in [6, 6.07) is 27.2. The number of aromatic nitrogens is 1. The molecule has 0 spiro atoms. The van der Waals surface area contributed by atoms with Crippen LogP contribution in [-0.4, -0.2) is 0 Å². The van der Waals surface area contributed by atoms with E-state index in [0.29, 0.717) is 11.1 Å². The standard InChI is InChI=1S/C26H22BrFNO2/c27-23-11-12-24(30-18-21-9-5-2-6-10-21)25(28)26(23)31-19-22-13-15-29(16-14-22)17-20-7-3-1-4-8-20/h1-16H,17-19H2/q+1. The molecule has 1 heterocycles. The second kappa shape index (κ2) is 10.2. The van der Waals surface area contributed by atoms with Gasteiger partial charge >= 0.3 is 0 Å². The molecule has 0 aliphatic carbocycles. The first-order valence-corrected chi connectivity index (χ1v) is 10.8. The van der Waals surface area contributed by atoms with Crippen molar-refractivity contribution < 1.29 is 18.4 Å². The fraction of sp³-hybridized carbons (Fsp3) is 0.115. The van der Waals surface area contributed by atoms with E-state index in [9.17, 15) is 4.39 Å². The molecule has 156 valence electrons. The molecule has 0 saturated heterocycles. The van der Waals surface area contributed by atoms with Crippen LogP contribution in [0.25, 0.3) is 0 Å². The molecule has 3 aromatic carbocycles. The molecule has 0 bridgehead atoms. The van der Waals surface area contributed by atoms with Gasteiger partial charge in [0.2, 0.25) is 5.82 Å². The van der Waals surface area contributed by atoms with Gasteiger partial charge in [-0.3, -0.25) is 0 Å². The number of hydrogen-bond donors (Lipinski definition) is 0. The molecule has 4 rings (SSSR count). The van der Waals surface area contributed by atoms with Crippen LogP contribution in [0.4, 0.5) is 4.39 Å².